The van der Waals surface area contributed by atoms with Crippen LogP contribution in [0, 0.1) is 0 Å². The SMILES string of the molecule is C1CC2=NCCSN2C1. The van der Waals surface area contributed by atoms with Crippen molar-refractivity contribution in [3.63, 3.8) is 0 Å². The van der Waals surface area contributed by atoms with Gasteiger partial charge in [-0.3, -0.25) is 4.99 Å². The van der Waals surface area contributed by atoms with Crippen molar-refractivity contribution in [1.82, 2.24) is 4.31 Å². The molecule has 0 bridgehead atoms. The zero-order valence-corrected chi connectivity index (χ0v) is 6.15. The molecule has 0 aromatic rings. The summed E-state index contributed by atoms with van der Waals surface area (Å²) in [5, 5.41) is 0. The zero-order chi connectivity index (χ0) is 6.10. The summed E-state index contributed by atoms with van der Waals surface area (Å²) >= 11 is 1.94. The number of aliphatic imine (C=N–C) groups is 1. The van der Waals surface area contributed by atoms with E-state index in [1.807, 2.05) is 11.9 Å². The molecule has 0 aromatic heterocycles. The molecule has 2 nitrogen and oxygen atoms in total. The van der Waals surface area contributed by atoms with Gasteiger partial charge in [0.25, 0.3) is 0 Å². The Kier molecular flexibility index (Phi) is 1.38. The highest BCUT2D eigenvalue weighted by Gasteiger charge is 2.20. The van der Waals surface area contributed by atoms with E-state index in [4.69, 9.17) is 0 Å². The fourth-order valence-electron chi connectivity index (χ4n) is 1.26. The van der Waals surface area contributed by atoms with E-state index in [9.17, 15) is 0 Å². The highest BCUT2D eigenvalue weighted by atomic mass is 32.2. The van der Waals surface area contributed by atoms with Crippen LogP contribution < -0.4 is 0 Å². The topological polar surface area (TPSA) is 15.6 Å². The Balaban J connectivity index is 2.16. The lowest BCUT2D eigenvalue weighted by molar-refractivity contribution is 0.710. The summed E-state index contributed by atoms with van der Waals surface area (Å²) in [5.41, 5.74) is 0. The molecule has 1 fully saturated rings. The fraction of sp³-hybridized carbons (Fsp3) is 0.833. The first-order valence-corrected chi connectivity index (χ1v) is 4.35. The third kappa shape index (κ3) is 0.936. The molecule has 2 aliphatic heterocycles. The lowest BCUT2D eigenvalue weighted by atomic mass is 10.4. The van der Waals surface area contributed by atoms with Gasteiger partial charge in [0.1, 0.15) is 5.84 Å². The van der Waals surface area contributed by atoms with Gasteiger partial charge >= 0.3 is 0 Å². The van der Waals surface area contributed by atoms with Crippen LogP contribution in [0.15, 0.2) is 4.99 Å². The number of hydrogen-bond donors (Lipinski definition) is 0. The first kappa shape index (κ1) is 5.59. The molecular formula is C6H10N2S. The highest BCUT2D eigenvalue weighted by Crippen LogP contribution is 2.23. The molecule has 0 aliphatic carbocycles. The first-order chi connectivity index (χ1) is 4.47. The maximum absolute atomic E-state index is 4.41. The standard InChI is InChI=1S/C6H10N2S/c1-2-6-7-3-5-9-8(6)4-1/h1-5H2. The van der Waals surface area contributed by atoms with E-state index >= 15 is 0 Å². The van der Waals surface area contributed by atoms with Gasteiger partial charge in [0.05, 0.1) is 6.54 Å². The minimum Gasteiger partial charge on any atom is -0.304 e. The predicted octanol–water partition coefficient (Wildman–Crippen LogP) is 1.14. The predicted molar refractivity (Wildman–Crippen MR) is 40.7 cm³/mol. The van der Waals surface area contributed by atoms with Crippen LogP contribution in [0.25, 0.3) is 0 Å². The van der Waals surface area contributed by atoms with Crippen LogP contribution in [0.4, 0.5) is 0 Å². The Morgan fingerprint density at radius 2 is 2.56 bits per heavy atom. The van der Waals surface area contributed by atoms with Gasteiger partial charge in [-0.1, -0.05) is 0 Å². The van der Waals surface area contributed by atoms with Crippen molar-refractivity contribution in [3.8, 4) is 0 Å². The largest absolute Gasteiger partial charge is 0.304 e. The van der Waals surface area contributed by atoms with Crippen molar-refractivity contribution in [1.29, 1.82) is 0 Å². The summed E-state index contributed by atoms with van der Waals surface area (Å²) in [6, 6.07) is 0. The zero-order valence-electron chi connectivity index (χ0n) is 5.34. The fourth-order valence-corrected chi connectivity index (χ4v) is 2.21. The Morgan fingerprint density at radius 3 is 3.44 bits per heavy atom. The van der Waals surface area contributed by atoms with Crippen molar-refractivity contribution in [2.75, 3.05) is 18.8 Å². The number of rotatable bonds is 0. The van der Waals surface area contributed by atoms with Gasteiger partial charge in [0.2, 0.25) is 0 Å². The highest BCUT2D eigenvalue weighted by molar-refractivity contribution is 7.97. The summed E-state index contributed by atoms with van der Waals surface area (Å²) in [6.45, 7) is 2.26. The van der Waals surface area contributed by atoms with Crippen LogP contribution >= 0.6 is 11.9 Å². The summed E-state index contributed by atoms with van der Waals surface area (Å²) in [4.78, 5) is 4.41. The van der Waals surface area contributed by atoms with Gasteiger partial charge in [0, 0.05) is 18.7 Å². The number of amidine groups is 1. The van der Waals surface area contributed by atoms with Crippen LogP contribution in [0.2, 0.25) is 0 Å². The maximum Gasteiger partial charge on any atom is 0.109 e. The molecule has 0 radical (unpaired) electrons. The molecule has 2 heterocycles. The molecule has 0 amide bonds. The molecule has 0 aromatic carbocycles. The molecule has 1 saturated heterocycles. The monoisotopic (exact) mass is 142 g/mol. The van der Waals surface area contributed by atoms with Crippen molar-refractivity contribution < 1.29 is 0 Å². The van der Waals surface area contributed by atoms with E-state index in [1.54, 1.807) is 0 Å². The van der Waals surface area contributed by atoms with Crippen LogP contribution in [-0.2, 0) is 0 Å². The lowest BCUT2D eigenvalue weighted by Gasteiger charge is -2.20. The van der Waals surface area contributed by atoms with E-state index in [0.29, 0.717) is 0 Å². The van der Waals surface area contributed by atoms with Gasteiger partial charge in [-0.25, -0.2) is 0 Å². The smallest absolute Gasteiger partial charge is 0.109 e. The second-order valence-electron chi connectivity index (χ2n) is 2.34. The second-order valence-corrected chi connectivity index (χ2v) is 3.44. The van der Waals surface area contributed by atoms with Crippen LogP contribution in [-0.4, -0.2) is 29.0 Å². The van der Waals surface area contributed by atoms with Crippen molar-refractivity contribution in [3.05, 3.63) is 0 Å². The molecule has 0 N–H and O–H groups in total. The molecule has 0 atom stereocenters. The first-order valence-electron chi connectivity index (χ1n) is 3.40. The third-order valence-electron chi connectivity index (χ3n) is 1.68. The van der Waals surface area contributed by atoms with Crippen LogP contribution in [0.3, 0.4) is 0 Å². The van der Waals surface area contributed by atoms with Crippen molar-refractivity contribution >= 4 is 17.8 Å². The quantitative estimate of drug-likeness (QED) is 0.471. The number of fused-ring (bicyclic) bond motifs is 1. The Morgan fingerprint density at radius 1 is 1.56 bits per heavy atom. The van der Waals surface area contributed by atoms with Gasteiger partial charge in [-0.15, -0.1) is 0 Å². The minimum atomic E-state index is 1.04. The number of nitrogens with zero attached hydrogens (tertiary/aromatic N) is 2. The van der Waals surface area contributed by atoms with Gasteiger partial charge in [-0.05, 0) is 18.4 Å². The summed E-state index contributed by atoms with van der Waals surface area (Å²) in [6.07, 6.45) is 2.53. The summed E-state index contributed by atoms with van der Waals surface area (Å²) in [5.74, 6) is 2.52. The summed E-state index contributed by atoms with van der Waals surface area (Å²) < 4.78 is 2.34. The molecule has 9 heavy (non-hydrogen) atoms. The molecule has 0 spiro atoms. The molecule has 50 valence electrons. The minimum absolute atomic E-state index is 1.04. The molecule has 3 heteroatoms. The van der Waals surface area contributed by atoms with Gasteiger partial charge < -0.3 is 4.31 Å². The maximum atomic E-state index is 4.41. The molecule has 0 unspecified atom stereocenters. The van der Waals surface area contributed by atoms with Crippen LogP contribution in [0.5, 0.6) is 0 Å². The lowest BCUT2D eigenvalue weighted by Crippen LogP contribution is -2.22. The van der Waals surface area contributed by atoms with Gasteiger partial charge in [-0.2, -0.15) is 0 Å². The Labute approximate surface area is 59.5 Å². The van der Waals surface area contributed by atoms with E-state index in [-0.39, 0.29) is 0 Å². The van der Waals surface area contributed by atoms with E-state index in [2.05, 4.69) is 9.30 Å². The average Bonchev–Trinajstić information content (AvgIpc) is 2.33. The second kappa shape index (κ2) is 2.21. The van der Waals surface area contributed by atoms with Crippen LogP contribution in [0.1, 0.15) is 12.8 Å². The van der Waals surface area contributed by atoms with Crippen molar-refractivity contribution in [2.24, 2.45) is 4.99 Å². The third-order valence-corrected chi connectivity index (χ3v) is 2.75. The number of hydrogen-bond acceptors (Lipinski definition) is 3. The average molecular weight is 142 g/mol. The van der Waals surface area contributed by atoms with Crippen molar-refractivity contribution in [2.45, 2.75) is 12.8 Å². The van der Waals surface area contributed by atoms with E-state index < -0.39 is 0 Å². The molecule has 2 rings (SSSR count). The van der Waals surface area contributed by atoms with E-state index in [0.717, 1.165) is 6.54 Å². The van der Waals surface area contributed by atoms with E-state index in [1.165, 1.54) is 31.0 Å². The normalized spacial score (nSPS) is 25.8. The Bertz CT molecular complexity index is 144. The Hall–Kier alpha value is -0.180. The molecular weight excluding hydrogens is 132 g/mol. The summed E-state index contributed by atoms with van der Waals surface area (Å²) in [7, 11) is 0. The molecule has 0 saturated carbocycles. The van der Waals surface area contributed by atoms with Gasteiger partial charge in [0.15, 0.2) is 0 Å². The molecule has 2 aliphatic rings.